The van der Waals surface area contributed by atoms with Gasteiger partial charge in [-0.1, -0.05) is 109 Å². The number of alkyl halides is 3. The smallest absolute Gasteiger partial charge is 0.416 e. The van der Waals surface area contributed by atoms with Gasteiger partial charge < -0.3 is 10.2 Å². The molecule has 0 aliphatic carbocycles. The number of nitrogens with zero attached hydrogens (tertiary/aromatic N) is 4. The van der Waals surface area contributed by atoms with Crippen molar-refractivity contribution in [1.29, 1.82) is 0 Å². The van der Waals surface area contributed by atoms with Gasteiger partial charge in [0.1, 0.15) is 22.9 Å². The summed E-state index contributed by atoms with van der Waals surface area (Å²) in [6.45, 7) is 0. The molecular weight excluding hydrogens is 821 g/mol. The van der Waals surface area contributed by atoms with Crippen molar-refractivity contribution in [3.05, 3.63) is 208 Å². The van der Waals surface area contributed by atoms with Gasteiger partial charge in [0.2, 0.25) is 0 Å². The van der Waals surface area contributed by atoms with Crippen LogP contribution in [0.4, 0.5) is 35.9 Å². The number of aromatic hydroxyl groups is 2. The Balaban J connectivity index is 0.873. The van der Waals surface area contributed by atoms with E-state index < -0.39 is 11.7 Å². The van der Waals surface area contributed by atoms with E-state index in [1.54, 1.807) is 60.7 Å². The summed E-state index contributed by atoms with van der Waals surface area (Å²) in [6.07, 6.45) is 1.45. The summed E-state index contributed by atoms with van der Waals surface area (Å²) in [5, 5.41) is 42.6. The van der Waals surface area contributed by atoms with Crippen LogP contribution in [0, 0.1) is 0 Å². The van der Waals surface area contributed by atoms with E-state index >= 15 is 0 Å². The fourth-order valence-corrected chi connectivity index (χ4v) is 7.44. The third kappa shape index (κ3) is 10.5. The van der Waals surface area contributed by atoms with Crippen LogP contribution in [0.2, 0.25) is 5.02 Å². The molecule has 0 atom stereocenters. The van der Waals surface area contributed by atoms with Gasteiger partial charge in [-0.15, -0.1) is 10.2 Å². The average Bonchev–Trinajstić information content (AvgIpc) is 3.29. The van der Waals surface area contributed by atoms with Crippen molar-refractivity contribution in [1.82, 2.24) is 0 Å². The molecule has 0 aliphatic heterocycles. The van der Waals surface area contributed by atoms with Crippen LogP contribution < -0.4 is 0 Å². The van der Waals surface area contributed by atoms with Gasteiger partial charge in [-0.05, 0) is 137 Å². The summed E-state index contributed by atoms with van der Waals surface area (Å²) in [4.78, 5) is 13.0. The number of phenolic OH excluding ortho intramolecular Hbond substituents is 2. The highest BCUT2D eigenvalue weighted by molar-refractivity contribution is 6.30. The Bertz CT molecular complexity index is 3060. The lowest BCUT2D eigenvalue weighted by atomic mass is 9.99. The predicted octanol–water partition coefficient (Wildman–Crippen LogP) is 15.4. The van der Waals surface area contributed by atoms with Gasteiger partial charge in [0.15, 0.2) is 5.78 Å². The molecule has 0 saturated carbocycles. The van der Waals surface area contributed by atoms with Crippen molar-refractivity contribution in [2.45, 2.75) is 31.9 Å². The number of aryl methyl sites for hydroxylation is 4. The van der Waals surface area contributed by atoms with E-state index in [2.05, 4.69) is 32.6 Å². The first-order valence-electron chi connectivity index (χ1n) is 20.1. The van der Waals surface area contributed by atoms with Crippen LogP contribution in [-0.2, 0) is 31.9 Å². The number of carbonyl (C=O) groups is 1. The molecular formula is C52H38ClF3N4O3. The largest absolute Gasteiger partial charge is 0.506 e. The van der Waals surface area contributed by atoms with Crippen LogP contribution in [-0.4, -0.2) is 16.0 Å². The van der Waals surface area contributed by atoms with E-state index in [9.17, 15) is 28.2 Å². The third-order valence-corrected chi connectivity index (χ3v) is 10.9. The number of benzene rings is 8. The molecule has 0 aromatic heterocycles. The van der Waals surface area contributed by atoms with E-state index in [4.69, 9.17) is 11.6 Å². The monoisotopic (exact) mass is 858 g/mol. The first-order valence-corrected chi connectivity index (χ1v) is 20.5. The van der Waals surface area contributed by atoms with E-state index in [0.29, 0.717) is 46.4 Å². The molecule has 8 rings (SSSR count). The Morgan fingerprint density at radius 1 is 0.540 bits per heavy atom. The Morgan fingerprint density at radius 3 is 1.56 bits per heavy atom. The zero-order valence-electron chi connectivity index (χ0n) is 33.6. The predicted molar refractivity (Wildman–Crippen MR) is 244 cm³/mol. The number of fused-ring (bicyclic) bond motifs is 2. The van der Waals surface area contributed by atoms with E-state index in [0.717, 1.165) is 56.8 Å². The van der Waals surface area contributed by atoms with Gasteiger partial charge >= 0.3 is 6.18 Å². The highest BCUT2D eigenvalue weighted by Crippen LogP contribution is 2.38. The highest BCUT2D eigenvalue weighted by atomic mass is 35.5. The molecule has 8 aromatic rings. The first kappa shape index (κ1) is 42.3. The lowest BCUT2D eigenvalue weighted by Crippen LogP contribution is -2.05. The number of halogens is 4. The molecule has 11 heteroatoms. The number of hydrogen-bond donors (Lipinski definition) is 2. The minimum atomic E-state index is -4.39. The van der Waals surface area contributed by atoms with Crippen molar-refractivity contribution in [2.24, 2.45) is 20.5 Å². The second-order valence-electron chi connectivity index (χ2n) is 15.0. The summed E-state index contributed by atoms with van der Waals surface area (Å²) < 4.78 is 39.5. The normalized spacial score (nSPS) is 12.1. The maximum Gasteiger partial charge on any atom is 0.416 e. The number of rotatable bonds is 13. The quantitative estimate of drug-likeness (QED) is 0.0685. The molecule has 2 N–H and O–H groups in total. The lowest BCUT2D eigenvalue weighted by Gasteiger charge is -2.10. The van der Waals surface area contributed by atoms with E-state index in [-0.39, 0.29) is 23.0 Å². The molecule has 0 saturated heterocycles. The minimum Gasteiger partial charge on any atom is -0.506 e. The van der Waals surface area contributed by atoms with Crippen LogP contribution >= 0.6 is 11.6 Å². The number of carbonyl (C=O) groups excluding carboxylic acids is 1. The molecule has 0 bridgehead atoms. The van der Waals surface area contributed by atoms with Crippen LogP contribution in [0.1, 0.15) is 43.7 Å². The zero-order chi connectivity index (χ0) is 43.9. The topological polar surface area (TPSA) is 107 Å². The maximum atomic E-state index is 13.2. The minimum absolute atomic E-state index is 0.0294. The van der Waals surface area contributed by atoms with Crippen LogP contribution in [0.3, 0.4) is 0 Å². The SMILES string of the molecule is O=C(C=Cc1ccc(N=Nc2c(O)ccc3cc(CCc4cccc(Cl)c4)ccc23)cc1)c1ccc(N=Nc2c(O)ccc3cc(CCc4cccc(C(F)(F)F)c4)ccc23)cc1. The maximum absolute atomic E-state index is 13.2. The molecule has 0 heterocycles. The second-order valence-corrected chi connectivity index (χ2v) is 15.5. The third-order valence-electron chi connectivity index (χ3n) is 10.6. The zero-order valence-corrected chi connectivity index (χ0v) is 34.4. The molecule has 0 fully saturated rings. The van der Waals surface area contributed by atoms with Gasteiger partial charge in [-0.3, -0.25) is 4.79 Å². The van der Waals surface area contributed by atoms with Gasteiger partial charge in [-0.2, -0.15) is 23.4 Å². The van der Waals surface area contributed by atoms with Crippen molar-refractivity contribution in [2.75, 3.05) is 0 Å². The Labute approximate surface area is 366 Å². The fourth-order valence-electron chi connectivity index (χ4n) is 7.22. The van der Waals surface area contributed by atoms with Gasteiger partial charge in [0.05, 0.1) is 16.9 Å². The van der Waals surface area contributed by atoms with Crippen molar-refractivity contribution >= 4 is 67.8 Å². The van der Waals surface area contributed by atoms with Gasteiger partial charge in [-0.25, -0.2) is 0 Å². The number of hydrogen-bond acceptors (Lipinski definition) is 7. The molecule has 0 aliphatic rings. The summed E-state index contributed by atoms with van der Waals surface area (Å²) in [5.41, 5.74) is 6.11. The Kier molecular flexibility index (Phi) is 12.5. The molecule has 312 valence electrons. The first-order chi connectivity index (χ1) is 30.4. The summed E-state index contributed by atoms with van der Waals surface area (Å²) >= 11 is 6.15. The van der Waals surface area contributed by atoms with Crippen LogP contribution in [0.25, 0.3) is 27.6 Å². The molecule has 0 amide bonds. The Hall–Kier alpha value is -7.43. The summed E-state index contributed by atoms with van der Waals surface area (Å²) in [6, 6.07) is 45.5. The summed E-state index contributed by atoms with van der Waals surface area (Å²) in [5.74, 6) is -0.241. The fraction of sp³-hybridized carbons (Fsp3) is 0.0962. The van der Waals surface area contributed by atoms with Crippen molar-refractivity contribution in [3.8, 4) is 11.5 Å². The molecule has 0 radical (unpaired) electrons. The van der Waals surface area contributed by atoms with Crippen molar-refractivity contribution in [3.63, 3.8) is 0 Å². The van der Waals surface area contributed by atoms with Crippen molar-refractivity contribution < 1.29 is 28.2 Å². The number of allylic oxidation sites excluding steroid dienone is 1. The number of phenols is 2. The second kappa shape index (κ2) is 18.7. The molecule has 0 spiro atoms. The highest BCUT2D eigenvalue weighted by Gasteiger charge is 2.30. The molecule has 63 heavy (non-hydrogen) atoms. The molecule has 0 unspecified atom stereocenters. The number of azo groups is 2. The van der Waals surface area contributed by atoms with Crippen LogP contribution in [0.15, 0.2) is 184 Å². The number of ketones is 1. The summed E-state index contributed by atoms with van der Waals surface area (Å²) in [7, 11) is 0. The van der Waals surface area contributed by atoms with Crippen LogP contribution in [0.5, 0.6) is 11.5 Å². The van der Waals surface area contributed by atoms with Gasteiger partial charge in [0, 0.05) is 21.4 Å². The van der Waals surface area contributed by atoms with Gasteiger partial charge in [0.25, 0.3) is 0 Å². The standard InChI is InChI=1S/C52H38ClF3N4O3/c53-42-6-2-4-35(32-42)8-10-37-14-25-45-40(30-37)19-27-48(62)50(45)59-57-43-20-11-33(12-21-43)15-26-47(61)38-16-22-44(23-17-38)58-60-51-46-24-13-36(29-39(46)18-28-49(51)63)9-7-34-3-1-5-41(31-34)52(54,55)56/h1-6,11-32,62-63H,7-10H2. The molecule has 7 nitrogen and oxygen atoms in total. The van der Waals surface area contributed by atoms with E-state index in [1.165, 1.54) is 29.8 Å². The molecule has 8 aromatic carbocycles. The average molecular weight is 859 g/mol. The lowest BCUT2D eigenvalue weighted by molar-refractivity contribution is -0.137. The Morgan fingerprint density at radius 2 is 1.03 bits per heavy atom. The van der Waals surface area contributed by atoms with E-state index in [1.807, 2.05) is 66.7 Å².